The fourth-order valence-corrected chi connectivity index (χ4v) is 2.90. The molecule has 1 heteroatoms. The van der Waals surface area contributed by atoms with Gasteiger partial charge in [0, 0.05) is 12.4 Å². The molecule has 116 valence electrons. The van der Waals surface area contributed by atoms with Gasteiger partial charge in [0.05, 0.1) is 0 Å². The second-order valence-corrected chi connectivity index (χ2v) is 6.30. The third-order valence-corrected chi connectivity index (χ3v) is 4.36. The molecular formula is C19H35N. The van der Waals surface area contributed by atoms with Crippen LogP contribution in [0.5, 0.6) is 0 Å². The molecule has 0 bridgehead atoms. The number of nitrogens with one attached hydrogen (secondary N) is 1. The van der Waals surface area contributed by atoms with E-state index in [1.807, 2.05) is 0 Å². The van der Waals surface area contributed by atoms with E-state index in [0.29, 0.717) is 0 Å². The average Bonchev–Trinajstić information content (AvgIpc) is 2.85. The number of rotatable bonds is 13. The minimum absolute atomic E-state index is 1.26. The van der Waals surface area contributed by atoms with Crippen LogP contribution in [0.15, 0.2) is 12.4 Å². The summed E-state index contributed by atoms with van der Waals surface area (Å²) in [5.41, 5.74) is 2.94. The van der Waals surface area contributed by atoms with Crippen LogP contribution in [0.25, 0.3) is 0 Å². The van der Waals surface area contributed by atoms with Crippen LogP contribution in [0, 0.1) is 6.92 Å². The van der Waals surface area contributed by atoms with E-state index < -0.39 is 0 Å². The van der Waals surface area contributed by atoms with Gasteiger partial charge in [0.15, 0.2) is 0 Å². The monoisotopic (exact) mass is 277 g/mol. The van der Waals surface area contributed by atoms with E-state index >= 15 is 0 Å². The Kier molecular flexibility index (Phi) is 10.4. The normalized spacial score (nSPS) is 11.1. The van der Waals surface area contributed by atoms with Crippen LogP contribution in [0.1, 0.15) is 95.1 Å². The molecule has 1 aromatic heterocycles. The van der Waals surface area contributed by atoms with Gasteiger partial charge in [-0.2, -0.15) is 0 Å². The van der Waals surface area contributed by atoms with Crippen molar-refractivity contribution in [2.45, 2.75) is 97.3 Å². The molecule has 1 aromatic rings. The summed E-state index contributed by atoms with van der Waals surface area (Å²) in [6, 6.07) is 0. The van der Waals surface area contributed by atoms with Gasteiger partial charge in [0.2, 0.25) is 0 Å². The Hall–Kier alpha value is -0.720. The number of unbranched alkanes of at least 4 members (excludes halogenated alkanes) is 11. The molecule has 1 nitrogen and oxygen atoms in total. The lowest BCUT2D eigenvalue weighted by Crippen LogP contribution is -1.86. The summed E-state index contributed by atoms with van der Waals surface area (Å²) in [7, 11) is 0. The lowest BCUT2D eigenvalue weighted by molar-refractivity contribution is 0.544. The SMILES string of the molecule is CCCCCCCCCCCCCCc1c[nH]cc1C. The summed E-state index contributed by atoms with van der Waals surface area (Å²) in [6.45, 7) is 4.49. The van der Waals surface area contributed by atoms with Crippen molar-refractivity contribution in [1.29, 1.82) is 0 Å². The van der Waals surface area contributed by atoms with Crippen LogP contribution in [-0.2, 0) is 6.42 Å². The number of hydrogen-bond donors (Lipinski definition) is 1. The second-order valence-electron chi connectivity index (χ2n) is 6.30. The Morgan fingerprint density at radius 3 is 1.65 bits per heavy atom. The largest absolute Gasteiger partial charge is 0.367 e. The predicted octanol–water partition coefficient (Wildman–Crippen LogP) is 6.57. The highest BCUT2D eigenvalue weighted by Crippen LogP contribution is 2.14. The van der Waals surface area contributed by atoms with E-state index in [1.54, 1.807) is 0 Å². The maximum atomic E-state index is 3.19. The van der Waals surface area contributed by atoms with Gasteiger partial charge in [-0.1, -0.05) is 77.6 Å². The van der Waals surface area contributed by atoms with Gasteiger partial charge in [-0.25, -0.2) is 0 Å². The Bertz CT molecular complexity index is 313. The van der Waals surface area contributed by atoms with Gasteiger partial charge in [-0.05, 0) is 30.9 Å². The number of aromatic amines is 1. The van der Waals surface area contributed by atoms with E-state index in [-0.39, 0.29) is 0 Å². The van der Waals surface area contributed by atoms with E-state index in [0.717, 1.165) is 0 Å². The summed E-state index contributed by atoms with van der Waals surface area (Å²) in [5.74, 6) is 0. The van der Waals surface area contributed by atoms with Crippen molar-refractivity contribution in [3.05, 3.63) is 23.5 Å². The third kappa shape index (κ3) is 8.45. The highest BCUT2D eigenvalue weighted by molar-refractivity contribution is 5.21. The molecule has 1 N–H and O–H groups in total. The molecule has 20 heavy (non-hydrogen) atoms. The first kappa shape index (κ1) is 17.3. The molecule has 0 fully saturated rings. The Balaban J connectivity index is 1.78. The van der Waals surface area contributed by atoms with Crippen LogP contribution in [-0.4, -0.2) is 4.98 Å². The van der Waals surface area contributed by atoms with Crippen molar-refractivity contribution in [2.24, 2.45) is 0 Å². The van der Waals surface area contributed by atoms with Gasteiger partial charge < -0.3 is 4.98 Å². The van der Waals surface area contributed by atoms with Crippen molar-refractivity contribution in [3.63, 3.8) is 0 Å². The number of aryl methyl sites for hydroxylation is 2. The topological polar surface area (TPSA) is 15.8 Å². The van der Waals surface area contributed by atoms with Crippen LogP contribution >= 0.6 is 0 Å². The van der Waals surface area contributed by atoms with E-state index in [4.69, 9.17) is 0 Å². The minimum Gasteiger partial charge on any atom is -0.367 e. The van der Waals surface area contributed by atoms with Crippen molar-refractivity contribution in [1.82, 2.24) is 4.98 Å². The molecule has 0 atom stereocenters. The van der Waals surface area contributed by atoms with Crippen molar-refractivity contribution in [3.8, 4) is 0 Å². The summed E-state index contributed by atoms with van der Waals surface area (Å²) >= 11 is 0. The Labute approximate surface area is 126 Å². The third-order valence-electron chi connectivity index (χ3n) is 4.36. The van der Waals surface area contributed by atoms with Crippen LogP contribution in [0.2, 0.25) is 0 Å². The van der Waals surface area contributed by atoms with Gasteiger partial charge in [0.1, 0.15) is 0 Å². The van der Waals surface area contributed by atoms with Gasteiger partial charge in [-0.3, -0.25) is 0 Å². The van der Waals surface area contributed by atoms with Crippen LogP contribution in [0.4, 0.5) is 0 Å². The first-order chi connectivity index (χ1) is 9.84. The van der Waals surface area contributed by atoms with E-state index in [9.17, 15) is 0 Å². The van der Waals surface area contributed by atoms with Crippen molar-refractivity contribution < 1.29 is 0 Å². The molecule has 0 saturated carbocycles. The molecule has 0 spiro atoms. The minimum atomic E-state index is 1.26. The highest BCUT2D eigenvalue weighted by atomic mass is 14.6. The van der Waals surface area contributed by atoms with Gasteiger partial charge in [0.25, 0.3) is 0 Å². The second kappa shape index (κ2) is 12.1. The summed E-state index contributed by atoms with van der Waals surface area (Å²) in [5, 5.41) is 0. The van der Waals surface area contributed by atoms with Gasteiger partial charge in [-0.15, -0.1) is 0 Å². The van der Waals surface area contributed by atoms with Crippen molar-refractivity contribution in [2.75, 3.05) is 0 Å². The van der Waals surface area contributed by atoms with E-state index in [1.165, 1.54) is 94.6 Å². The fourth-order valence-electron chi connectivity index (χ4n) is 2.90. The smallest absolute Gasteiger partial charge is 0.00400 e. The first-order valence-corrected chi connectivity index (χ1v) is 8.97. The number of aromatic nitrogens is 1. The maximum absolute atomic E-state index is 3.19. The van der Waals surface area contributed by atoms with Gasteiger partial charge >= 0.3 is 0 Å². The first-order valence-electron chi connectivity index (χ1n) is 8.97. The summed E-state index contributed by atoms with van der Waals surface area (Å²) in [6.07, 6.45) is 22.7. The molecule has 0 aliphatic carbocycles. The zero-order valence-corrected chi connectivity index (χ0v) is 13.8. The summed E-state index contributed by atoms with van der Waals surface area (Å²) < 4.78 is 0. The van der Waals surface area contributed by atoms with E-state index in [2.05, 4.69) is 31.2 Å². The molecule has 0 aliphatic heterocycles. The molecule has 0 saturated heterocycles. The quantitative estimate of drug-likeness (QED) is 0.393. The molecule has 0 aromatic carbocycles. The fraction of sp³-hybridized carbons (Fsp3) is 0.789. The molecule has 0 amide bonds. The summed E-state index contributed by atoms with van der Waals surface area (Å²) in [4.78, 5) is 3.19. The molecular weight excluding hydrogens is 242 g/mol. The Morgan fingerprint density at radius 2 is 1.20 bits per heavy atom. The highest BCUT2D eigenvalue weighted by Gasteiger charge is 1.98. The average molecular weight is 277 g/mol. The molecule has 1 heterocycles. The molecule has 0 aliphatic rings. The molecule has 0 unspecified atom stereocenters. The lowest BCUT2D eigenvalue weighted by Gasteiger charge is -2.03. The molecule has 0 radical (unpaired) electrons. The Morgan fingerprint density at radius 1 is 0.700 bits per heavy atom. The zero-order valence-electron chi connectivity index (χ0n) is 13.8. The zero-order chi connectivity index (χ0) is 14.5. The lowest BCUT2D eigenvalue weighted by atomic mass is 10.0. The molecule has 1 rings (SSSR count). The number of hydrogen-bond acceptors (Lipinski definition) is 0. The standard InChI is InChI=1S/C19H35N/c1-3-4-5-6-7-8-9-10-11-12-13-14-15-19-17-20-16-18(19)2/h16-17,20H,3-15H2,1-2H3. The number of H-pyrrole nitrogens is 1. The predicted molar refractivity (Wildman–Crippen MR) is 90.3 cm³/mol. The van der Waals surface area contributed by atoms with Crippen molar-refractivity contribution >= 4 is 0 Å². The van der Waals surface area contributed by atoms with Crippen LogP contribution < -0.4 is 0 Å². The maximum Gasteiger partial charge on any atom is 0.00400 e. The van der Waals surface area contributed by atoms with Crippen LogP contribution in [0.3, 0.4) is 0 Å².